The van der Waals surface area contributed by atoms with Crippen LogP contribution < -0.4 is 0 Å². The van der Waals surface area contributed by atoms with E-state index in [1.807, 2.05) is 0 Å². The molecule has 0 unspecified atom stereocenters. The highest BCUT2D eigenvalue weighted by Gasteiger charge is 2.15. The molecule has 0 aromatic heterocycles. The van der Waals surface area contributed by atoms with Gasteiger partial charge in [-0.3, -0.25) is 0 Å². The molecule has 4 N–H and O–H groups in total. The van der Waals surface area contributed by atoms with Crippen LogP contribution in [0.25, 0.3) is 0 Å². The van der Waals surface area contributed by atoms with Crippen molar-refractivity contribution in [3.8, 4) is 0 Å². The molecule has 0 saturated carbocycles. The number of aliphatic hydroxyl groups excluding tert-OH is 1. The van der Waals surface area contributed by atoms with E-state index in [9.17, 15) is 0 Å². The summed E-state index contributed by atoms with van der Waals surface area (Å²) >= 11 is 0. The fourth-order valence-corrected chi connectivity index (χ4v) is 0.283. The highest BCUT2D eigenvalue weighted by molar-refractivity contribution is 4.23. The van der Waals surface area contributed by atoms with Crippen LogP contribution in [-0.4, -0.2) is 38.9 Å². The zero-order valence-electron chi connectivity index (χ0n) is 4.36. The van der Waals surface area contributed by atoms with Crippen LogP contribution in [0, 0.1) is 0 Å². The summed E-state index contributed by atoms with van der Waals surface area (Å²) in [5.41, 5.74) is 0. The molecule has 0 aromatic rings. The van der Waals surface area contributed by atoms with Gasteiger partial charge in [0.05, 0.1) is 4.97 Å². The average molecular weight is 124 g/mol. The Labute approximate surface area is 46.5 Å². The van der Waals surface area contributed by atoms with Crippen molar-refractivity contribution < 1.29 is 25.7 Å². The predicted octanol–water partition coefficient (Wildman–Crippen LogP) is -0.647. The maximum atomic E-state index is 8.09. The highest BCUT2D eigenvalue weighted by atomic mass is 17.1. The zero-order chi connectivity index (χ0) is 6.62. The minimum atomic E-state index is -2.05. The topological polar surface area (TPSA) is 80.9 Å². The van der Waals surface area contributed by atoms with Gasteiger partial charge in [-0.1, -0.05) is 0 Å². The number of rotatable bonds is 3. The standard InChI is InChI=1S/C3H10NO4/c5-3-1-2-4(6,7)8/h5-8H,1-3H2/q+1. The molecule has 0 aliphatic rings. The summed E-state index contributed by atoms with van der Waals surface area (Å²) in [7, 11) is 0. The van der Waals surface area contributed by atoms with Crippen molar-refractivity contribution in [2.75, 3.05) is 13.2 Å². The van der Waals surface area contributed by atoms with E-state index in [-0.39, 0.29) is 19.6 Å². The quantitative estimate of drug-likeness (QED) is 0.298. The molecule has 0 aliphatic carbocycles. The van der Waals surface area contributed by atoms with Gasteiger partial charge in [-0.05, 0) is 0 Å². The second-order valence-corrected chi connectivity index (χ2v) is 1.49. The smallest absolute Gasteiger partial charge is 0.179 e. The van der Waals surface area contributed by atoms with Crippen molar-refractivity contribution in [3.05, 3.63) is 0 Å². The van der Waals surface area contributed by atoms with Crippen LogP contribution in [0.2, 0.25) is 0 Å². The number of hydrogen-bond donors (Lipinski definition) is 4. The van der Waals surface area contributed by atoms with Gasteiger partial charge >= 0.3 is 0 Å². The van der Waals surface area contributed by atoms with E-state index >= 15 is 0 Å². The summed E-state index contributed by atoms with van der Waals surface area (Å²) in [5.74, 6) is 0. The van der Waals surface area contributed by atoms with Gasteiger partial charge in [0, 0.05) is 13.0 Å². The van der Waals surface area contributed by atoms with Crippen LogP contribution in [0.15, 0.2) is 0 Å². The number of hydroxylamine groups is 3. The first kappa shape index (κ1) is 7.80. The minimum Gasteiger partial charge on any atom is -0.396 e. The molecule has 0 atom stereocenters. The molecule has 0 spiro atoms. The summed E-state index contributed by atoms with van der Waals surface area (Å²) in [6, 6.07) is 0. The van der Waals surface area contributed by atoms with Crippen molar-refractivity contribution in [1.29, 1.82) is 0 Å². The molecule has 0 heterocycles. The van der Waals surface area contributed by atoms with Gasteiger partial charge in [-0.25, -0.2) is 0 Å². The molecule has 0 rings (SSSR count). The van der Waals surface area contributed by atoms with Crippen molar-refractivity contribution in [3.63, 3.8) is 0 Å². The Morgan fingerprint density at radius 2 is 1.62 bits per heavy atom. The Balaban J connectivity index is 3.11. The van der Waals surface area contributed by atoms with Gasteiger partial charge in [0.1, 0.15) is 0 Å². The summed E-state index contributed by atoms with van der Waals surface area (Å²) in [5, 5.41) is 32.3. The number of aliphatic hydroxyl groups is 1. The van der Waals surface area contributed by atoms with Gasteiger partial charge in [0.2, 0.25) is 0 Å². The van der Waals surface area contributed by atoms with Crippen LogP contribution in [0.4, 0.5) is 0 Å². The Bertz CT molecular complexity index is 58.8. The van der Waals surface area contributed by atoms with Crippen molar-refractivity contribution >= 4 is 0 Å². The normalized spacial score (nSPS) is 12.0. The first-order chi connectivity index (χ1) is 3.56. The summed E-state index contributed by atoms with van der Waals surface area (Å²) in [6.07, 6.45) is 0.156. The maximum absolute atomic E-state index is 8.09. The van der Waals surface area contributed by atoms with Crippen molar-refractivity contribution in [1.82, 2.24) is 0 Å². The Kier molecular flexibility index (Phi) is 2.88. The maximum Gasteiger partial charge on any atom is 0.179 e. The van der Waals surface area contributed by atoms with E-state index < -0.39 is 4.97 Å². The molecule has 0 saturated heterocycles. The monoisotopic (exact) mass is 124 g/mol. The first-order valence-corrected chi connectivity index (χ1v) is 2.23. The van der Waals surface area contributed by atoms with E-state index in [2.05, 4.69) is 0 Å². The molecule has 5 nitrogen and oxygen atoms in total. The van der Waals surface area contributed by atoms with E-state index in [4.69, 9.17) is 20.7 Å². The second-order valence-electron chi connectivity index (χ2n) is 1.49. The van der Waals surface area contributed by atoms with E-state index in [1.54, 1.807) is 0 Å². The second kappa shape index (κ2) is 2.95. The zero-order valence-corrected chi connectivity index (χ0v) is 4.36. The fraction of sp³-hybridized carbons (Fsp3) is 1.00. The Hall–Kier alpha value is -0.200. The molecule has 0 aliphatic heterocycles. The van der Waals surface area contributed by atoms with E-state index in [0.717, 1.165) is 0 Å². The third-order valence-corrected chi connectivity index (χ3v) is 0.616. The summed E-state index contributed by atoms with van der Waals surface area (Å²) in [6.45, 7) is -0.446. The van der Waals surface area contributed by atoms with Crippen LogP contribution >= 0.6 is 0 Å². The molecular weight excluding hydrogens is 114 g/mol. The summed E-state index contributed by atoms with van der Waals surface area (Å²) in [4.78, 5) is -2.05. The van der Waals surface area contributed by atoms with Crippen molar-refractivity contribution in [2.24, 2.45) is 0 Å². The average Bonchev–Trinajstić information content (AvgIpc) is 1.59. The van der Waals surface area contributed by atoms with Crippen LogP contribution in [0.1, 0.15) is 6.42 Å². The fourth-order valence-electron chi connectivity index (χ4n) is 0.283. The lowest BCUT2D eigenvalue weighted by Crippen LogP contribution is -2.38. The number of nitrogens with zero attached hydrogens (tertiary/aromatic N) is 1. The molecular formula is C3H10NO4+. The molecule has 50 valence electrons. The molecule has 0 bridgehead atoms. The molecule has 8 heavy (non-hydrogen) atoms. The van der Waals surface area contributed by atoms with Crippen LogP contribution in [0.3, 0.4) is 0 Å². The Morgan fingerprint density at radius 3 is 1.75 bits per heavy atom. The molecule has 5 heteroatoms. The van der Waals surface area contributed by atoms with Crippen LogP contribution in [0.5, 0.6) is 0 Å². The molecule has 0 aromatic carbocycles. The highest BCUT2D eigenvalue weighted by Crippen LogP contribution is 1.88. The van der Waals surface area contributed by atoms with Crippen LogP contribution in [-0.2, 0) is 0 Å². The lowest BCUT2D eigenvalue weighted by Gasteiger charge is -2.09. The van der Waals surface area contributed by atoms with Gasteiger partial charge in [-0.2, -0.15) is 0 Å². The summed E-state index contributed by atoms with van der Waals surface area (Å²) < 4.78 is 0. The SMILES string of the molecule is OCCC[N+](O)(O)O. The third-order valence-electron chi connectivity index (χ3n) is 0.616. The largest absolute Gasteiger partial charge is 0.396 e. The van der Waals surface area contributed by atoms with Gasteiger partial charge in [-0.15, -0.1) is 15.6 Å². The first-order valence-electron chi connectivity index (χ1n) is 2.23. The van der Waals surface area contributed by atoms with Gasteiger partial charge < -0.3 is 5.11 Å². The van der Waals surface area contributed by atoms with Crippen molar-refractivity contribution in [2.45, 2.75) is 6.42 Å². The van der Waals surface area contributed by atoms with E-state index in [0.29, 0.717) is 0 Å². The Morgan fingerprint density at radius 1 is 1.12 bits per heavy atom. The lowest BCUT2D eigenvalue weighted by molar-refractivity contribution is -1.37. The van der Waals surface area contributed by atoms with E-state index in [1.165, 1.54) is 0 Å². The minimum absolute atomic E-state index is 0.156. The predicted molar refractivity (Wildman–Crippen MR) is 22.2 cm³/mol. The number of quaternary nitrogens is 1. The lowest BCUT2D eigenvalue weighted by atomic mass is 10.5. The molecule has 0 fully saturated rings. The molecule has 0 radical (unpaired) electrons. The van der Waals surface area contributed by atoms with Gasteiger partial charge in [0.25, 0.3) is 0 Å². The molecule has 0 amide bonds. The van der Waals surface area contributed by atoms with Gasteiger partial charge in [0.15, 0.2) is 6.54 Å². The third kappa shape index (κ3) is 5.80. The number of hydrogen-bond acceptors (Lipinski definition) is 4.